The molecule has 0 atom stereocenters. The summed E-state index contributed by atoms with van der Waals surface area (Å²) in [5.41, 5.74) is 7.64. The molecular formula is C13H20BrN3S. The minimum Gasteiger partial charge on any atom is -0.396 e. The standard InChI is InChI=1S/C13H20BrN3S/c1-18-13(5-3-2-4-6-13)9-17-12-10(14)7-16-8-11(12)15/h7-8H,2-6,9,15H2,1H3,(H,16,17). The molecule has 3 N–H and O–H groups in total. The van der Waals surface area contributed by atoms with Crippen LogP contribution in [-0.4, -0.2) is 22.5 Å². The Balaban J connectivity index is 2.05. The number of nitrogen functional groups attached to an aromatic ring is 1. The van der Waals surface area contributed by atoms with E-state index < -0.39 is 0 Å². The van der Waals surface area contributed by atoms with E-state index in [9.17, 15) is 0 Å². The van der Waals surface area contributed by atoms with E-state index in [0.29, 0.717) is 10.4 Å². The first-order valence-corrected chi connectivity index (χ1v) is 8.37. The van der Waals surface area contributed by atoms with Gasteiger partial charge < -0.3 is 11.1 Å². The van der Waals surface area contributed by atoms with Gasteiger partial charge in [0.05, 0.1) is 22.0 Å². The van der Waals surface area contributed by atoms with Gasteiger partial charge in [0.15, 0.2) is 0 Å². The topological polar surface area (TPSA) is 50.9 Å². The second-order valence-electron chi connectivity index (χ2n) is 4.89. The van der Waals surface area contributed by atoms with Crippen LogP contribution in [0.4, 0.5) is 11.4 Å². The van der Waals surface area contributed by atoms with Crippen LogP contribution in [0.25, 0.3) is 0 Å². The molecule has 2 rings (SSSR count). The molecule has 0 aromatic carbocycles. The predicted octanol–water partition coefficient (Wildman–Crippen LogP) is 3.90. The van der Waals surface area contributed by atoms with Crippen molar-refractivity contribution in [3.05, 3.63) is 16.9 Å². The lowest BCUT2D eigenvalue weighted by Crippen LogP contribution is -2.35. The van der Waals surface area contributed by atoms with Crippen molar-refractivity contribution in [2.24, 2.45) is 0 Å². The van der Waals surface area contributed by atoms with Crippen LogP contribution in [0.15, 0.2) is 16.9 Å². The highest BCUT2D eigenvalue weighted by atomic mass is 79.9. The van der Waals surface area contributed by atoms with Crippen LogP contribution < -0.4 is 11.1 Å². The second kappa shape index (κ2) is 6.15. The largest absolute Gasteiger partial charge is 0.396 e. The Kier molecular flexibility index (Phi) is 4.78. The number of rotatable bonds is 4. The van der Waals surface area contributed by atoms with Crippen molar-refractivity contribution in [2.45, 2.75) is 36.9 Å². The lowest BCUT2D eigenvalue weighted by molar-refractivity contribution is 0.411. The molecular weight excluding hydrogens is 310 g/mol. The molecule has 0 saturated heterocycles. The third-order valence-electron chi connectivity index (χ3n) is 3.71. The zero-order valence-electron chi connectivity index (χ0n) is 10.7. The minimum absolute atomic E-state index is 0.368. The maximum Gasteiger partial charge on any atom is 0.0750 e. The molecule has 5 heteroatoms. The van der Waals surface area contributed by atoms with Crippen molar-refractivity contribution in [1.82, 2.24) is 4.98 Å². The smallest absolute Gasteiger partial charge is 0.0750 e. The molecule has 0 unspecified atom stereocenters. The summed E-state index contributed by atoms with van der Waals surface area (Å²) in [6, 6.07) is 0. The molecule has 18 heavy (non-hydrogen) atoms. The molecule has 100 valence electrons. The third-order valence-corrected chi connectivity index (χ3v) is 5.73. The van der Waals surface area contributed by atoms with E-state index in [-0.39, 0.29) is 0 Å². The van der Waals surface area contributed by atoms with Gasteiger partial charge in [-0.3, -0.25) is 4.98 Å². The normalized spacial score (nSPS) is 18.6. The fourth-order valence-corrected chi connectivity index (χ4v) is 3.94. The van der Waals surface area contributed by atoms with Crippen molar-refractivity contribution in [2.75, 3.05) is 23.9 Å². The number of hydrogen-bond donors (Lipinski definition) is 2. The first kappa shape index (κ1) is 14.0. The molecule has 1 aromatic heterocycles. The number of hydrogen-bond acceptors (Lipinski definition) is 4. The predicted molar refractivity (Wildman–Crippen MR) is 84.2 cm³/mol. The fourth-order valence-electron chi connectivity index (χ4n) is 2.54. The Morgan fingerprint density at radius 3 is 2.72 bits per heavy atom. The van der Waals surface area contributed by atoms with E-state index in [1.54, 1.807) is 12.4 Å². The Morgan fingerprint density at radius 1 is 1.39 bits per heavy atom. The molecule has 1 fully saturated rings. The van der Waals surface area contributed by atoms with Gasteiger partial charge in [-0.1, -0.05) is 19.3 Å². The van der Waals surface area contributed by atoms with Crippen LogP contribution in [0.5, 0.6) is 0 Å². The van der Waals surface area contributed by atoms with Gasteiger partial charge in [0.2, 0.25) is 0 Å². The number of nitrogens with two attached hydrogens (primary N) is 1. The average Bonchev–Trinajstić information content (AvgIpc) is 2.39. The third kappa shape index (κ3) is 3.12. The molecule has 0 spiro atoms. The Labute approximate surface area is 121 Å². The number of anilines is 2. The van der Waals surface area contributed by atoms with Gasteiger partial charge in [-0.2, -0.15) is 11.8 Å². The van der Waals surface area contributed by atoms with Gasteiger partial charge >= 0.3 is 0 Å². The second-order valence-corrected chi connectivity index (χ2v) is 7.02. The number of pyridine rings is 1. The number of thioether (sulfide) groups is 1. The number of nitrogens with zero attached hydrogens (tertiary/aromatic N) is 1. The van der Waals surface area contributed by atoms with E-state index >= 15 is 0 Å². The minimum atomic E-state index is 0.368. The van der Waals surface area contributed by atoms with Crippen molar-refractivity contribution in [1.29, 1.82) is 0 Å². The van der Waals surface area contributed by atoms with E-state index in [4.69, 9.17) is 5.73 Å². The van der Waals surface area contributed by atoms with E-state index in [2.05, 4.69) is 32.5 Å². The Morgan fingerprint density at radius 2 is 2.11 bits per heavy atom. The van der Waals surface area contributed by atoms with Crippen LogP contribution in [0.3, 0.4) is 0 Å². The lowest BCUT2D eigenvalue weighted by Gasteiger charge is -2.36. The summed E-state index contributed by atoms with van der Waals surface area (Å²) in [5.74, 6) is 0. The molecule has 0 aliphatic heterocycles. The first-order valence-electron chi connectivity index (χ1n) is 6.35. The van der Waals surface area contributed by atoms with E-state index in [1.807, 2.05) is 11.8 Å². The highest BCUT2D eigenvalue weighted by Gasteiger charge is 2.31. The van der Waals surface area contributed by atoms with Gasteiger partial charge in [-0.05, 0) is 35.0 Å². The molecule has 1 saturated carbocycles. The summed E-state index contributed by atoms with van der Waals surface area (Å²) < 4.78 is 1.31. The fraction of sp³-hybridized carbons (Fsp3) is 0.615. The summed E-state index contributed by atoms with van der Waals surface area (Å²) in [5, 5.41) is 3.51. The molecule has 1 aliphatic carbocycles. The van der Waals surface area contributed by atoms with Gasteiger partial charge in [0.25, 0.3) is 0 Å². The highest BCUT2D eigenvalue weighted by Crippen LogP contribution is 2.39. The summed E-state index contributed by atoms with van der Waals surface area (Å²) in [7, 11) is 0. The summed E-state index contributed by atoms with van der Waals surface area (Å²) in [6.07, 6.45) is 12.4. The van der Waals surface area contributed by atoms with Crippen LogP contribution in [0, 0.1) is 0 Å². The van der Waals surface area contributed by atoms with Gasteiger partial charge in [0.1, 0.15) is 0 Å². The summed E-state index contributed by atoms with van der Waals surface area (Å²) >= 11 is 5.49. The monoisotopic (exact) mass is 329 g/mol. The molecule has 3 nitrogen and oxygen atoms in total. The molecule has 1 aromatic rings. The zero-order chi connectivity index (χ0) is 13.0. The van der Waals surface area contributed by atoms with Crippen LogP contribution in [-0.2, 0) is 0 Å². The van der Waals surface area contributed by atoms with Crippen molar-refractivity contribution < 1.29 is 0 Å². The molecule has 0 radical (unpaired) electrons. The number of nitrogens with one attached hydrogen (secondary N) is 1. The highest BCUT2D eigenvalue weighted by molar-refractivity contribution is 9.10. The van der Waals surface area contributed by atoms with Gasteiger partial charge in [-0.25, -0.2) is 0 Å². The van der Waals surface area contributed by atoms with Gasteiger partial charge in [0, 0.05) is 17.5 Å². The lowest BCUT2D eigenvalue weighted by atomic mass is 9.88. The summed E-state index contributed by atoms with van der Waals surface area (Å²) in [4.78, 5) is 4.06. The van der Waals surface area contributed by atoms with E-state index in [0.717, 1.165) is 16.7 Å². The molecule has 1 aliphatic rings. The van der Waals surface area contributed by atoms with Crippen LogP contribution in [0.2, 0.25) is 0 Å². The molecule has 1 heterocycles. The molecule has 0 bridgehead atoms. The first-order chi connectivity index (χ1) is 8.67. The SMILES string of the molecule is CSC1(CNc2c(N)cncc2Br)CCCCC1. The number of aromatic nitrogens is 1. The van der Waals surface area contributed by atoms with Crippen LogP contribution in [0.1, 0.15) is 32.1 Å². The van der Waals surface area contributed by atoms with Crippen LogP contribution >= 0.6 is 27.7 Å². The Bertz CT molecular complexity index is 385. The van der Waals surface area contributed by atoms with Gasteiger partial charge in [-0.15, -0.1) is 0 Å². The average molecular weight is 330 g/mol. The Hall–Kier alpha value is -0.420. The summed E-state index contributed by atoms with van der Waals surface area (Å²) in [6.45, 7) is 0.973. The number of halogens is 1. The maximum atomic E-state index is 5.96. The van der Waals surface area contributed by atoms with Crippen molar-refractivity contribution in [3.63, 3.8) is 0 Å². The zero-order valence-corrected chi connectivity index (χ0v) is 13.1. The van der Waals surface area contributed by atoms with Crippen molar-refractivity contribution in [3.8, 4) is 0 Å². The molecule has 0 amide bonds. The van der Waals surface area contributed by atoms with Crippen molar-refractivity contribution >= 4 is 39.1 Å². The quantitative estimate of drug-likeness (QED) is 0.879. The maximum absolute atomic E-state index is 5.96. The van der Waals surface area contributed by atoms with E-state index in [1.165, 1.54) is 32.1 Å².